The maximum atomic E-state index is 5.42. The maximum Gasteiger partial charge on any atom is 0.229 e. The Kier molecular flexibility index (Phi) is 2.91. The average molecular weight is 221 g/mol. The van der Waals surface area contributed by atoms with E-state index in [0.29, 0.717) is 11.8 Å². The van der Waals surface area contributed by atoms with Crippen LogP contribution in [0.2, 0.25) is 0 Å². The van der Waals surface area contributed by atoms with Crippen LogP contribution in [0.4, 0.5) is 0 Å². The fourth-order valence-electron chi connectivity index (χ4n) is 2.83. The lowest BCUT2D eigenvalue weighted by molar-refractivity contribution is 0.342. The molecule has 2 fully saturated rings. The molecule has 0 bridgehead atoms. The van der Waals surface area contributed by atoms with Gasteiger partial charge in [-0.1, -0.05) is 18.0 Å². The smallest absolute Gasteiger partial charge is 0.229 e. The third kappa shape index (κ3) is 1.98. The van der Waals surface area contributed by atoms with Gasteiger partial charge in [0.05, 0.1) is 0 Å². The van der Waals surface area contributed by atoms with Gasteiger partial charge in [-0.3, -0.25) is 0 Å². The van der Waals surface area contributed by atoms with E-state index in [4.69, 9.17) is 4.52 Å². The first-order valence-electron chi connectivity index (χ1n) is 6.47. The summed E-state index contributed by atoms with van der Waals surface area (Å²) in [4.78, 5) is 4.61. The molecule has 1 N–H and O–H groups in total. The van der Waals surface area contributed by atoms with Crippen molar-refractivity contribution in [1.82, 2.24) is 15.5 Å². The van der Waals surface area contributed by atoms with Crippen LogP contribution in [0.15, 0.2) is 4.52 Å². The number of nitrogens with zero attached hydrogens (tertiary/aromatic N) is 2. The number of aromatic nitrogens is 2. The second kappa shape index (κ2) is 4.53. The Balaban J connectivity index is 1.71. The molecule has 0 aromatic carbocycles. The zero-order chi connectivity index (χ0) is 10.8. The van der Waals surface area contributed by atoms with Gasteiger partial charge in [-0.2, -0.15) is 4.98 Å². The van der Waals surface area contributed by atoms with Gasteiger partial charge in [-0.05, 0) is 38.8 Å². The van der Waals surface area contributed by atoms with Crippen molar-refractivity contribution in [2.45, 2.75) is 50.4 Å². The van der Waals surface area contributed by atoms with Crippen molar-refractivity contribution in [3.05, 3.63) is 11.7 Å². The molecule has 1 saturated heterocycles. The molecule has 0 amide bonds. The van der Waals surface area contributed by atoms with E-state index in [9.17, 15) is 0 Å². The minimum atomic E-state index is 0.514. The number of rotatable bonds is 2. The summed E-state index contributed by atoms with van der Waals surface area (Å²) < 4.78 is 5.42. The summed E-state index contributed by atoms with van der Waals surface area (Å²) in [7, 11) is 0. The first-order chi connectivity index (χ1) is 7.93. The SMILES string of the molecule is C1CCC(c2nc(C3CCNCC3)no2)C1. The van der Waals surface area contributed by atoms with Crippen LogP contribution in [0, 0.1) is 0 Å². The molecule has 1 saturated carbocycles. The molecule has 0 radical (unpaired) electrons. The molecule has 0 unspecified atom stereocenters. The summed E-state index contributed by atoms with van der Waals surface area (Å²) in [5.74, 6) is 2.90. The Bertz CT molecular complexity index is 338. The van der Waals surface area contributed by atoms with Gasteiger partial charge in [0.1, 0.15) is 0 Å². The van der Waals surface area contributed by atoms with Gasteiger partial charge in [-0.15, -0.1) is 0 Å². The summed E-state index contributed by atoms with van der Waals surface area (Å²) in [5.41, 5.74) is 0. The fraction of sp³-hybridized carbons (Fsp3) is 0.833. The average Bonchev–Trinajstić information content (AvgIpc) is 3.01. The maximum absolute atomic E-state index is 5.42. The van der Waals surface area contributed by atoms with Crippen LogP contribution in [0.5, 0.6) is 0 Å². The van der Waals surface area contributed by atoms with Crippen molar-refractivity contribution in [2.24, 2.45) is 0 Å². The second-order valence-electron chi connectivity index (χ2n) is 5.00. The molecule has 0 atom stereocenters. The Hall–Kier alpha value is -0.900. The lowest BCUT2D eigenvalue weighted by atomic mass is 9.97. The van der Waals surface area contributed by atoms with Crippen LogP contribution in [0.1, 0.15) is 62.1 Å². The van der Waals surface area contributed by atoms with Crippen molar-refractivity contribution in [3.63, 3.8) is 0 Å². The first-order valence-corrected chi connectivity index (χ1v) is 6.47. The van der Waals surface area contributed by atoms with Crippen molar-refractivity contribution in [2.75, 3.05) is 13.1 Å². The molecule has 1 aliphatic heterocycles. The zero-order valence-corrected chi connectivity index (χ0v) is 9.61. The lowest BCUT2D eigenvalue weighted by Crippen LogP contribution is -2.27. The molecule has 1 aliphatic carbocycles. The van der Waals surface area contributed by atoms with Crippen LogP contribution in [0.3, 0.4) is 0 Å². The summed E-state index contributed by atoms with van der Waals surface area (Å²) in [6.45, 7) is 2.16. The Labute approximate surface area is 95.8 Å². The Morgan fingerprint density at radius 1 is 1.00 bits per heavy atom. The van der Waals surface area contributed by atoms with E-state index >= 15 is 0 Å². The lowest BCUT2D eigenvalue weighted by Gasteiger charge is -2.19. The molecule has 88 valence electrons. The van der Waals surface area contributed by atoms with Crippen molar-refractivity contribution >= 4 is 0 Å². The van der Waals surface area contributed by atoms with E-state index in [-0.39, 0.29) is 0 Å². The summed E-state index contributed by atoms with van der Waals surface area (Å²) in [5, 5.41) is 7.53. The molecule has 3 rings (SSSR count). The molecule has 1 aromatic heterocycles. The molecule has 2 aliphatic rings. The number of hydrogen-bond donors (Lipinski definition) is 1. The third-order valence-electron chi connectivity index (χ3n) is 3.87. The molecule has 1 aromatic rings. The van der Waals surface area contributed by atoms with Crippen molar-refractivity contribution < 1.29 is 4.52 Å². The predicted octanol–water partition coefficient (Wildman–Crippen LogP) is 2.19. The van der Waals surface area contributed by atoms with Crippen molar-refractivity contribution in [1.29, 1.82) is 0 Å². The molecule has 0 spiro atoms. The zero-order valence-electron chi connectivity index (χ0n) is 9.61. The van der Waals surface area contributed by atoms with Crippen LogP contribution in [0.25, 0.3) is 0 Å². The van der Waals surface area contributed by atoms with E-state index in [2.05, 4.69) is 15.5 Å². The van der Waals surface area contributed by atoms with Crippen LogP contribution in [-0.4, -0.2) is 23.2 Å². The van der Waals surface area contributed by atoms with E-state index in [0.717, 1.165) is 37.6 Å². The molecule has 2 heterocycles. The number of hydrogen-bond acceptors (Lipinski definition) is 4. The molecule has 4 nitrogen and oxygen atoms in total. The normalized spacial score (nSPS) is 24.0. The standard InChI is InChI=1S/C12H19N3O/c1-2-4-10(3-1)12-14-11(15-16-12)9-5-7-13-8-6-9/h9-10,13H,1-8H2. The molecule has 4 heteroatoms. The summed E-state index contributed by atoms with van der Waals surface area (Å²) in [6.07, 6.45) is 7.38. The van der Waals surface area contributed by atoms with E-state index in [1.807, 2.05) is 0 Å². The summed E-state index contributed by atoms with van der Waals surface area (Å²) in [6, 6.07) is 0. The molecular weight excluding hydrogens is 202 g/mol. The monoisotopic (exact) mass is 221 g/mol. The van der Waals surface area contributed by atoms with Crippen LogP contribution < -0.4 is 5.32 Å². The van der Waals surface area contributed by atoms with Gasteiger partial charge in [-0.25, -0.2) is 0 Å². The molecular formula is C12H19N3O. The van der Waals surface area contributed by atoms with Gasteiger partial charge in [0, 0.05) is 11.8 Å². The van der Waals surface area contributed by atoms with E-state index in [1.165, 1.54) is 25.7 Å². The molecule has 16 heavy (non-hydrogen) atoms. The minimum absolute atomic E-state index is 0.514. The largest absolute Gasteiger partial charge is 0.339 e. The highest BCUT2D eigenvalue weighted by Crippen LogP contribution is 2.34. The predicted molar refractivity (Wildman–Crippen MR) is 60.4 cm³/mol. The van der Waals surface area contributed by atoms with E-state index in [1.54, 1.807) is 0 Å². The fourth-order valence-corrected chi connectivity index (χ4v) is 2.83. The van der Waals surface area contributed by atoms with Crippen LogP contribution >= 0.6 is 0 Å². The van der Waals surface area contributed by atoms with Crippen molar-refractivity contribution in [3.8, 4) is 0 Å². The highest BCUT2D eigenvalue weighted by atomic mass is 16.5. The highest BCUT2D eigenvalue weighted by Gasteiger charge is 2.26. The Morgan fingerprint density at radius 3 is 2.50 bits per heavy atom. The van der Waals surface area contributed by atoms with Crippen LogP contribution in [-0.2, 0) is 0 Å². The number of nitrogens with one attached hydrogen (secondary N) is 1. The highest BCUT2D eigenvalue weighted by molar-refractivity contribution is 5.01. The van der Waals surface area contributed by atoms with Gasteiger partial charge >= 0.3 is 0 Å². The van der Waals surface area contributed by atoms with Gasteiger partial charge in [0.15, 0.2) is 5.82 Å². The minimum Gasteiger partial charge on any atom is -0.339 e. The van der Waals surface area contributed by atoms with Gasteiger partial charge in [0.2, 0.25) is 5.89 Å². The topological polar surface area (TPSA) is 51.0 Å². The second-order valence-corrected chi connectivity index (χ2v) is 5.00. The number of piperidine rings is 1. The van der Waals surface area contributed by atoms with E-state index < -0.39 is 0 Å². The summed E-state index contributed by atoms with van der Waals surface area (Å²) >= 11 is 0. The quantitative estimate of drug-likeness (QED) is 0.831. The first kappa shape index (κ1) is 10.3. The third-order valence-corrected chi connectivity index (χ3v) is 3.87. The van der Waals surface area contributed by atoms with Gasteiger partial charge in [0.25, 0.3) is 0 Å². The Morgan fingerprint density at radius 2 is 1.75 bits per heavy atom. The van der Waals surface area contributed by atoms with Gasteiger partial charge < -0.3 is 9.84 Å².